The highest BCUT2D eigenvalue weighted by Crippen LogP contribution is 2.32. The van der Waals surface area contributed by atoms with Gasteiger partial charge in [0.1, 0.15) is 0 Å². The van der Waals surface area contributed by atoms with Crippen molar-refractivity contribution in [3.05, 3.63) is 72.8 Å². The molecule has 0 spiro atoms. The fraction of sp³-hybridized carbons (Fsp3) is 0.259. The van der Waals surface area contributed by atoms with Crippen LogP contribution in [0.5, 0.6) is 11.5 Å². The third kappa shape index (κ3) is 6.44. The van der Waals surface area contributed by atoms with Crippen molar-refractivity contribution in [2.24, 2.45) is 0 Å². The van der Waals surface area contributed by atoms with Crippen LogP contribution >= 0.6 is 0 Å². The fourth-order valence-corrected chi connectivity index (χ4v) is 3.77. The van der Waals surface area contributed by atoms with Gasteiger partial charge in [0.25, 0.3) is 6.47 Å². The first-order chi connectivity index (χ1) is 16.8. The number of benzene rings is 2. The van der Waals surface area contributed by atoms with Gasteiger partial charge in [-0.1, -0.05) is 43.0 Å². The average Bonchev–Trinajstić information content (AvgIpc) is 2.81. The number of anilines is 2. The normalized spacial score (nSPS) is 13.3. The number of esters is 1. The lowest BCUT2D eigenvalue weighted by atomic mass is 10.1. The first kappa shape index (κ1) is 25.4. The SMILES string of the molecule is C=C(C)CC(=O)N(CCCCN1C(=O)CC(=C)C(=O)Oc2ccccc21)c1ccccc1OC=O. The van der Waals surface area contributed by atoms with Crippen LogP contribution in [0.2, 0.25) is 0 Å². The molecule has 0 N–H and O–H groups in total. The molecule has 182 valence electrons. The molecule has 2 aromatic carbocycles. The Kier molecular flexibility index (Phi) is 8.56. The molecule has 2 amide bonds. The van der Waals surface area contributed by atoms with Crippen molar-refractivity contribution in [1.29, 1.82) is 0 Å². The maximum atomic E-state index is 13.0. The van der Waals surface area contributed by atoms with Crippen LogP contribution < -0.4 is 19.3 Å². The third-order valence-corrected chi connectivity index (χ3v) is 5.41. The lowest BCUT2D eigenvalue weighted by Crippen LogP contribution is -2.36. The van der Waals surface area contributed by atoms with Crippen LogP contribution in [0, 0.1) is 0 Å². The zero-order valence-electron chi connectivity index (χ0n) is 19.7. The number of carbonyl (C=O) groups is 4. The average molecular weight is 477 g/mol. The molecule has 0 atom stereocenters. The largest absolute Gasteiger partial charge is 0.427 e. The molecule has 0 unspecified atom stereocenters. The molecule has 0 fully saturated rings. The smallest absolute Gasteiger partial charge is 0.339 e. The molecule has 35 heavy (non-hydrogen) atoms. The molecule has 0 saturated heterocycles. The van der Waals surface area contributed by atoms with Gasteiger partial charge in [0.15, 0.2) is 11.5 Å². The van der Waals surface area contributed by atoms with Gasteiger partial charge < -0.3 is 19.3 Å². The number of carbonyl (C=O) groups excluding carboxylic acids is 4. The molecule has 8 heteroatoms. The molecule has 0 bridgehead atoms. The number of unbranched alkanes of at least 4 members (excludes halogenated alkanes) is 1. The lowest BCUT2D eigenvalue weighted by molar-refractivity contribution is -0.132. The Morgan fingerprint density at radius 3 is 2.60 bits per heavy atom. The minimum Gasteiger partial charge on any atom is -0.427 e. The molecule has 0 aliphatic carbocycles. The quantitative estimate of drug-likeness (QED) is 0.127. The second-order valence-electron chi connectivity index (χ2n) is 8.25. The van der Waals surface area contributed by atoms with Crippen molar-refractivity contribution in [2.45, 2.75) is 32.6 Å². The molecular formula is C27H28N2O6. The zero-order chi connectivity index (χ0) is 25.4. The number of rotatable bonds is 10. The van der Waals surface area contributed by atoms with Crippen LogP contribution in [-0.4, -0.2) is 37.3 Å². The standard InChI is InChI=1S/C27H28N2O6/c1-19(2)16-25(31)28(21-10-4-6-12-23(21)34-18-30)14-8-9-15-29-22-11-5-7-13-24(22)35-27(33)20(3)17-26(29)32/h4-7,10-13,18H,1,3,8-9,14-17H2,2H3. The predicted molar refractivity (Wildman–Crippen MR) is 132 cm³/mol. The number of ether oxygens (including phenoxy) is 2. The number of hydrogen-bond acceptors (Lipinski definition) is 6. The van der Waals surface area contributed by atoms with Crippen molar-refractivity contribution in [2.75, 3.05) is 22.9 Å². The Morgan fingerprint density at radius 1 is 1.14 bits per heavy atom. The summed E-state index contributed by atoms with van der Waals surface area (Å²) in [5.74, 6) is -0.460. The fourth-order valence-electron chi connectivity index (χ4n) is 3.77. The maximum absolute atomic E-state index is 13.0. The van der Waals surface area contributed by atoms with Crippen LogP contribution in [0.1, 0.15) is 32.6 Å². The summed E-state index contributed by atoms with van der Waals surface area (Å²) >= 11 is 0. The van der Waals surface area contributed by atoms with Gasteiger partial charge in [0, 0.05) is 25.1 Å². The summed E-state index contributed by atoms with van der Waals surface area (Å²) < 4.78 is 10.5. The molecule has 2 aromatic rings. The summed E-state index contributed by atoms with van der Waals surface area (Å²) in [6.45, 7) is 10.3. The number of hydrogen-bond donors (Lipinski definition) is 0. The van der Waals surface area contributed by atoms with E-state index in [9.17, 15) is 19.2 Å². The van der Waals surface area contributed by atoms with Gasteiger partial charge in [-0.25, -0.2) is 4.79 Å². The third-order valence-electron chi connectivity index (χ3n) is 5.41. The Balaban J connectivity index is 1.75. The predicted octanol–water partition coefficient (Wildman–Crippen LogP) is 4.20. The molecule has 0 saturated carbocycles. The van der Waals surface area contributed by atoms with Crippen LogP contribution in [-0.2, 0) is 19.2 Å². The maximum Gasteiger partial charge on any atom is 0.339 e. The van der Waals surface area contributed by atoms with Gasteiger partial charge in [-0.2, -0.15) is 0 Å². The summed E-state index contributed by atoms with van der Waals surface area (Å²) in [6, 6.07) is 13.7. The number of fused-ring (bicyclic) bond motifs is 1. The minimum atomic E-state index is -0.617. The van der Waals surface area contributed by atoms with E-state index in [1.54, 1.807) is 65.3 Å². The van der Waals surface area contributed by atoms with E-state index in [1.807, 2.05) is 0 Å². The van der Waals surface area contributed by atoms with E-state index < -0.39 is 5.97 Å². The van der Waals surface area contributed by atoms with Crippen LogP contribution in [0.3, 0.4) is 0 Å². The van der Waals surface area contributed by atoms with Crippen LogP contribution in [0.25, 0.3) is 0 Å². The molecular weight excluding hydrogens is 448 g/mol. The Morgan fingerprint density at radius 2 is 1.86 bits per heavy atom. The van der Waals surface area contributed by atoms with E-state index in [-0.39, 0.29) is 36.0 Å². The van der Waals surface area contributed by atoms with E-state index in [2.05, 4.69) is 13.2 Å². The first-order valence-electron chi connectivity index (χ1n) is 11.2. The minimum absolute atomic E-state index is 0.0952. The summed E-state index contributed by atoms with van der Waals surface area (Å²) in [4.78, 5) is 52.1. The summed E-state index contributed by atoms with van der Waals surface area (Å²) in [6.07, 6.45) is 1.14. The number of para-hydroxylation sites is 4. The Hall–Kier alpha value is -4.20. The van der Waals surface area contributed by atoms with Crippen LogP contribution in [0.15, 0.2) is 72.8 Å². The van der Waals surface area contributed by atoms with Gasteiger partial charge in [0.2, 0.25) is 11.8 Å². The van der Waals surface area contributed by atoms with Gasteiger partial charge in [0.05, 0.1) is 17.8 Å². The van der Waals surface area contributed by atoms with Crippen molar-refractivity contribution in [3.8, 4) is 11.5 Å². The van der Waals surface area contributed by atoms with Gasteiger partial charge >= 0.3 is 5.97 Å². The zero-order valence-corrected chi connectivity index (χ0v) is 19.7. The Labute approximate surface area is 204 Å². The monoisotopic (exact) mass is 476 g/mol. The van der Waals surface area contributed by atoms with Gasteiger partial charge in [-0.3, -0.25) is 14.4 Å². The molecule has 1 aliphatic heterocycles. The number of amides is 2. The molecule has 1 aliphatic rings. The van der Waals surface area contributed by atoms with Gasteiger partial charge in [-0.15, -0.1) is 0 Å². The van der Waals surface area contributed by atoms with Crippen molar-refractivity contribution in [1.82, 2.24) is 0 Å². The van der Waals surface area contributed by atoms with E-state index in [0.29, 0.717) is 55.1 Å². The summed E-state index contributed by atoms with van der Waals surface area (Å²) in [7, 11) is 0. The van der Waals surface area contributed by atoms with Crippen molar-refractivity contribution >= 4 is 35.6 Å². The second-order valence-corrected chi connectivity index (χ2v) is 8.25. The van der Waals surface area contributed by atoms with E-state index in [0.717, 1.165) is 0 Å². The highest BCUT2D eigenvalue weighted by molar-refractivity contribution is 6.04. The lowest BCUT2D eigenvalue weighted by Gasteiger charge is -2.28. The number of nitrogens with zero attached hydrogens (tertiary/aromatic N) is 2. The highest BCUT2D eigenvalue weighted by atomic mass is 16.5. The highest BCUT2D eigenvalue weighted by Gasteiger charge is 2.27. The topological polar surface area (TPSA) is 93.2 Å². The van der Waals surface area contributed by atoms with Crippen LogP contribution in [0.4, 0.5) is 11.4 Å². The molecule has 0 radical (unpaired) electrons. The first-order valence-corrected chi connectivity index (χ1v) is 11.2. The molecule has 8 nitrogen and oxygen atoms in total. The second kappa shape index (κ2) is 11.8. The van der Waals surface area contributed by atoms with E-state index in [4.69, 9.17) is 9.47 Å². The summed E-state index contributed by atoms with van der Waals surface area (Å²) in [5.41, 5.74) is 1.81. The molecule has 0 aromatic heterocycles. The van der Waals surface area contributed by atoms with Crippen molar-refractivity contribution in [3.63, 3.8) is 0 Å². The van der Waals surface area contributed by atoms with Crippen molar-refractivity contribution < 1.29 is 28.7 Å². The Bertz CT molecular complexity index is 1160. The summed E-state index contributed by atoms with van der Waals surface area (Å²) in [5, 5.41) is 0. The van der Waals surface area contributed by atoms with E-state index >= 15 is 0 Å². The van der Waals surface area contributed by atoms with E-state index in [1.165, 1.54) is 0 Å². The molecule has 1 heterocycles. The van der Waals surface area contributed by atoms with Gasteiger partial charge in [-0.05, 0) is 44.0 Å². The molecule has 3 rings (SSSR count).